The Morgan fingerprint density at radius 2 is 1.86 bits per heavy atom. The summed E-state index contributed by atoms with van der Waals surface area (Å²) in [6, 6.07) is 14.8. The highest BCUT2D eigenvalue weighted by Crippen LogP contribution is 2.25. The van der Waals surface area contributed by atoms with Gasteiger partial charge < -0.3 is 15.2 Å². The second-order valence-electron chi connectivity index (χ2n) is 4.87. The first-order chi connectivity index (χ1) is 10.1. The maximum absolute atomic E-state index is 11.3. The zero-order valence-corrected chi connectivity index (χ0v) is 12.2. The van der Waals surface area contributed by atoms with E-state index in [0.717, 1.165) is 11.3 Å². The van der Waals surface area contributed by atoms with Gasteiger partial charge in [0.25, 0.3) is 0 Å². The number of esters is 1. The molecular weight excluding hydrogens is 266 g/mol. The molecular formula is C17H19NO3. The molecule has 21 heavy (non-hydrogen) atoms. The maximum Gasteiger partial charge on any atom is 0.307 e. The Kier molecular flexibility index (Phi) is 4.95. The van der Waals surface area contributed by atoms with Crippen LogP contribution in [0.25, 0.3) is 0 Å². The van der Waals surface area contributed by atoms with Crippen molar-refractivity contribution in [1.82, 2.24) is 0 Å². The van der Waals surface area contributed by atoms with Crippen molar-refractivity contribution in [3.05, 3.63) is 59.7 Å². The van der Waals surface area contributed by atoms with Gasteiger partial charge in [0.1, 0.15) is 11.5 Å². The normalized spacial score (nSPS) is 11.8. The van der Waals surface area contributed by atoms with Gasteiger partial charge in [-0.15, -0.1) is 0 Å². The Bertz CT molecular complexity index is 608. The van der Waals surface area contributed by atoms with Gasteiger partial charge >= 0.3 is 5.97 Å². The third-order valence-corrected chi connectivity index (χ3v) is 3.16. The van der Waals surface area contributed by atoms with Crippen molar-refractivity contribution in [1.29, 1.82) is 0 Å². The Balaban J connectivity index is 2.10. The van der Waals surface area contributed by atoms with E-state index < -0.39 is 6.04 Å². The number of hydrogen-bond donors (Lipinski definition) is 1. The van der Waals surface area contributed by atoms with Gasteiger partial charge in [0.15, 0.2) is 0 Å². The topological polar surface area (TPSA) is 61.5 Å². The predicted molar refractivity (Wildman–Crippen MR) is 81.3 cm³/mol. The number of benzene rings is 2. The minimum Gasteiger partial charge on any atom is -0.469 e. The molecule has 0 aliphatic heterocycles. The Labute approximate surface area is 124 Å². The molecule has 0 radical (unpaired) electrons. The van der Waals surface area contributed by atoms with Crippen LogP contribution in [0, 0.1) is 6.92 Å². The van der Waals surface area contributed by atoms with Gasteiger partial charge in [-0.1, -0.05) is 29.8 Å². The monoisotopic (exact) mass is 285 g/mol. The Morgan fingerprint density at radius 3 is 2.52 bits per heavy atom. The number of aryl methyl sites for hydroxylation is 1. The number of nitrogens with two attached hydrogens (primary N) is 1. The van der Waals surface area contributed by atoms with Crippen LogP contribution >= 0.6 is 0 Å². The minimum atomic E-state index is -0.404. The quantitative estimate of drug-likeness (QED) is 0.856. The first-order valence-corrected chi connectivity index (χ1v) is 6.75. The third kappa shape index (κ3) is 4.33. The van der Waals surface area contributed by atoms with Gasteiger partial charge in [0.05, 0.1) is 13.5 Å². The second kappa shape index (κ2) is 6.90. The summed E-state index contributed by atoms with van der Waals surface area (Å²) in [4.78, 5) is 11.3. The van der Waals surface area contributed by atoms with E-state index in [-0.39, 0.29) is 12.4 Å². The molecule has 2 rings (SSSR count). The van der Waals surface area contributed by atoms with Crippen molar-refractivity contribution >= 4 is 5.97 Å². The highest BCUT2D eigenvalue weighted by molar-refractivity contribution is 5.70. The van der Waals surface area contributed by atoms with E-state index >= 15 is 0 Å². The molecule has 0 heterocycles. The van der Waals surface area contributed by atoms with E-state index in [0.29, 0.717) is 5.75 Å². The molecule has 0 aromatic heterocycles. The summed E-state index contributed by atoms with van der Waals surface area (Å²) >= 11 is 0. The van der Waals surface area contributed by atoms with Crippen LogP contribution in [0.3, 0.4) is 0 Å². The fraction of sp³-hybridized carbons (Fsp3) is 0.235. The highest BCUT2D eigenvalue weighted by Gasteiger charge is 2.12. The van der Waals surface area contributed by atoms with Gasteiger partial charge in [-0.25, -0.2) is 0 Å². The van der Waals surface area contributed by atoms with Gasteiger partial charge in [0.2, 0.25) is 0 Å². The fourth-order valence-corrected chi connectivity index (χ4v) is 1.93. The van der Waals surface area contributed by atoms with Crippen molar-refractivity contribution < 1.29 is 14.3 Å². The molecule has 110 valence electrons. The highest BCUT2D eigenvalue weighted by atomic mass is 16.5. The van der Waals surface area contributed by atoms with Crippen LogP contribution < -0.4 is 10.5 Å². The lowest BCUT2D eigenvalue weighted by molar-refractivity contribution is -0.141. The van der Waals surface area contributed by atoms with Crippen molar-refractivity contribution in [3.8, 4) is 11.5 Å². The Hall–Kier alpha value is -2.33. The molecule has 0 bridgehead atoms. The maximum atomic E-state index is 11.3. The smallest absolute Gasteiger partial charge is 0.307 e. The number of rotatable bonds is 5. The van der Waals surface area contributed by atoms with E-state index in [1.54, 1.807) is 0 Å². The molecule has 0 aliphatic rings. The van der Waals surface area contributed by atoms with Crippen LogP contribution in [0.2, 0.25) is 0 Å². The first-order valence-electron chi connectivity index (χ1n) is 6.75. The molecule has 0 aliphatic carbocycles. The fourth-order valence-electron chi connectivity index (χ4n) is 1.93. The van der Waals surface area contributed by atoms with E-state index in [4.69, 9.17) is 10.5 Å². The van der Waals surface area contributed by atoms with Crippen LogP contribution in [0.15, 0.2) is 48.5 Å². The van der Waals surface area contributed by atoms with E-state index in [9.17, 15) is 4.79 Å². The standard InChI is InChI=1S/C17H19NO3/c1-12-6-8-14(9-7-12)21-15-5-3-4-13(10-15)16(18)11-17(19)20-2/h3-10,16H,11,18H2,1-2H3/t16-/m0/s1. The van der Waals surface area contributed by atoms with E-state index in [1.165, 1.54) is 12.7 Å². The van der Waals surface area contributed by atoms with Gasteiger partial charge in [-0.2, -0.15) is 0 Å². The molecule has 0 saturated carbocycles. The lowest BCUT2D eigenvalue weighted by atomic mass is 10.0. The molecule has 0 fully saturated rings. The molecule has 2 N–H and O–H groups in total. The summed E-state index contributed by atoms with van der Waals surface area (Å²) in [5.74, 6) is 1.13. The number of carbonyl (C=O) groups excluding carboxylic acids is 1. The van der Waals surface area contributed by atoms with Gasteiger partial charge in [-0.3, -0.25) is 4.79 Å². The van der Waals surface area contributed by atoms with E-state index in [2.05, 4.69) is 4.74 Å². The van der Waals surface area contributed by atoms with Crippen molar-refractivity contribution in [2.24, 2.45) is 5.73 Å². The average Bonchev–Trinajstić information content (AvgIpc) is 2.49. The number of carbonyl (C=O) groups is 1. The summed E-state index contributed by atoms with van der Waals surface area (Å²) in [6.45, 7) is 2.02. The van der Waals surface area contributed by atoms with Crippen molar-refractivity contribution in [3.63, 3.8) is 0 Å². The Morgan fingerprint density at radius 1 is 1.14 bits per heavy atom. The lowest BCUT2D eigenvalue weighted by Crippen LogP contribution is -2.16. The molecule has 0 unspecified atom stereocenters. The van der Waals surface area contributed by atoms with Crippen LogP contribution in [-0.4, -0.2) is 13.1 Å². The number of methoxy groups -OCH3 is 1. The summed E-state index contributed by atoms with van der Waals surface area (Å²) in [5.41, 5.74) is 8.01. The molecule has 0 spiro atoms. The van der Waals surface area contributed by atoms with Crippen LogP contribution in [0.1, 0.15) is 23.6 Å². The number of ether oxygens (including phenoxy) is 2. The predicted octanol–water partition coefficient (Wildman–Crippen LogP) is 3.35. The first kappa shape index (κ1) is 15.1. The zero-order valence-electron chi connectivity index (χ0n) is 12.2. The average molecular weight is 285 g/mol. The van der Waals surface area contributed by atoms with Crippen molar-refractivity contribution in [2.45, 2.75) is 19.4 Å². The van der Waals surface area contributed by atoms with Crippen LogP contribution in [0.4, 0.5) is 0 Å². The number of hydrogen-bond acceptors (Lipinski definition) is 4. The zero-order chi connectivity index (χ0) is 15.2. The third-order valence-electron chi connectivity index (χ3n) is 3.16. The summed E-state index contributed by atoms with van der Waals surface area (Å²) in [5, 5.41) is 0. The van der Waals surface area contributed by atoms with Gasteiger partial charge in [-0.05, 0) is 36.8 Å². The molecule has 2 aromatic rings. The summed E-state index contributed by atoms with van der Waals surface area (Å²) < 4.78 is 10.4. The molecule has 0 amide bonds. The molecule has 0 saturated heterocycles. The lowest BCUT2D eigenvalue weighted by Gasteiger charge is -2.12. The molecule has 4 heteroatoms. The second-order valence-corrected chi connectivity index (χ2v) is 4.87. The molecule has 1 atom stereocenters. The van der Waals surface area contributed by atoms with E-state index in [1.807, 2.05) is 55.5 Å². The largest absolute Gasteiger partial charge is 0.469 e. The molecule has 4 nitrogen and oxygen atoms in total. The summed E-state index contributed by atoms with van der Waals surface area (Å²) in [7, 11) is 1.35. The molecule has 2 aromatic carbocycles. The van der Waals surface area contributed by atoms with Crippen molar-refractivity contribution in [2.75, 3.05) is 7.11 Å². The van der Waals surface area contributed by atoms with Crippen LogP contribution in [0.5, 0.6) is 11.5 Å². The minimum absolute atomic E-state index is 0.143. The summed E-state index contributed by atoms with van der Waals surface area (Å²) in [6.07, 6.45) is 0.143. The SMILES string of the molecule is COC(=O)C[C@H](N)c1cccc(Oc2ccc(C)cc2)c1. The van der Waals surface area contributed by atoms with Crippen LogP contribution in [-0.2, 0) is 9.53 Å². The van der Waals surface area contributed by atoms with Gasteiger partial charge in [0, 0.05) is 6.04 Å².